The number of sulfonamides is 1. The van der Waals surface area contributed by atoms with Crippen LogP contribution in [0.3, 0.4) is 0 Å². The van der Waals surface area contributed by atoms with E-state index in [9.17, 15) is 18.0 Å². The molecule has 3 rings (SSSR count). The molecule has 1 atom stereocenters. The molecular formula is C14H23N3O4S. The fraction of sp³-hybridized carbons (Fsp3) is 0.857. The van der Waals surface area contributed by atoms with Gasteiger partial charge in [0.1, 0.15) is 5.54 Å². The van der Waals surface area contributed by atoms with Crippen LogP contribution in [0.25, 0.3) is 0 Å². The van der Waals surface area contributed by atoms with Crippen LogP contribution in [0.15, 0.2) is 0 Å². The number of imide groups is 1. The van der Waals surface area contributed by atoms with Crippen molar-refractivity contribution in [1.82, 2.24) is 14.1 Å². The molecular weight excluding hydrogens is 306 g/mol. The second-order valence-electron chi connectivity index (χ2n) is 6.52. The standard InChI is InChI=1S/C14H23N3O4S/c1-3-22(20,21)15-9-5-11(6-10-15)17-12(18)14(2)7-4-8-16(14)13(17)19/h11H,3-10H2,1-2H3/t14-/m1/s1. The lowest BCUT2D eigenvalue weighted by atomic mass is 9.97. The zero-order valence-electron chi connectivity index (χ0n) is 13.1. The fourth-order valence-corrected chi connectivity index (χ4v) is 4.98. The molecule has 0 radical (unpaired) electrons. The first-order chi connectivity index (χ1) is 10.3. The van der Waals surface area contributed by atoms with Crippen LogP contribution in [-0.2, 0) is 14.8 Å². The van der Waals surface area contributed by atoms with Gasteiger partial charge < -0.3 is 4.90 Å². The van der Waals surface area contributed by atoms with E-state index in [1.165, 1.54) is 9.21 Å². The maximum absolute atomic E-state index is 12.7. The van der Waals surface area contributed by atoms with Gasteiger partial charge in [0.25, 0.3) is 5.91 Å². The van der Waals surface area contributed by atoms with Crippen molar-refractivity contribution in [1.29, 1.82) is 0 Å². The third kappa shape index (κ3) is 2.15. The first kappa shape index (κ1) is 15.7. The Morgan fingerprint density at radius 3 is 2.36 bits per heavy atom. The summed E-state index contributed by atoms with van der Waals surface area (Å²) >= 11 is 0. The first-order valence-electron chi connectivity index (χ1n) is 7.94. The number of urea groups is 1. The zero-order chi connectivity index (χ0) is 16.1. The maximum Gasteiger partial charge on any atom is 0.327 e. The highest BCUT2D eigenvalue weighted by atomic mass is 32.2. The van der Waals surface area contributed by atoms with E-state index in [0.717, 1.165) is 12.8 Å². The predicted octanol–water partition coefficient (Wildman–Crippen LogP) is 0.617. The molecule has 3 heterocycles. The Morgan fingerprint density at radius 2 is 1.82 bits per heavy atom. The summed E-state index contributed by atoms with van der Waals surface area (Å²) in [6.07, 6.45) is 2.65. The Labute approximate surface area is 131 Å². The summed E-state index contributed by atoms with van der Waals surface area (Å²) in [6.45, 7) is 4.88. The number of carbonyl (C=O) groups excluding carboxylic acids is 2. The van der Waals surface area contributed by atoms with E-state index in [-0.39, 0.29) is 23.7 Å². The van der Waals surface area contributed by atoms with Gasteiger partial charge in [0.05, 0.1) is 5.75 Å². The monoisotopic (exact) mass is 329 g/mol. The smallest absolute Gasteiger partial charge is 0.310 e. The molecule has 8 heteroatoms. The van der Waals surface area contributed by atoms with E-state index in [0.29, 0.717) is 32.5 Å². The molecule has 7 nitrogen and oxygen atoms in total. The van der Waals surface area contributed by atoms with E-state index in [4.69, 9.17) is 0 Å². The lowest BCUT2D eigenvalue weighted by Crippen LogP contribution is -2.50. The highest BCUT2D eigenvalue weighted by molar-refractivity contribution is 7.89. The molecule has 0 bridgehead atoms. The number of hydrogen-bond donors (Lipinski definition) is 0. The summed E-state index contributed by atoms with van der Waals surface area (Å²) < 4.78 is 25.3. The summed E-state index contributed by atoms with van der Waals surface area (Å²) in [5.74, 6) is -0.0164. The van der Waals surface area contributed by atoms with Gasteiger partial charge in [-0.05, 0) is 39.5 Å². The van der Waals surface area contributed by atoms with Gasteiger partial charge in [-0.1, -0.05) is 0 Å². The van der Waals surface area contributed by atoms with Gasteiger partial charge in [0, 0.05) is 25.7 Å². The molecule has 0 aromatic carbocycles. The van der Waals surface area contributed by atoms with Crippen molar-refractivity contribution in [2.45, 2.75) is 51.1 Å². The van der Waals surface area contributed by atoms with E-state index in [1.54, 1.807) is 11.8 Å². The predicted molar refractivity (Wildman–Crippen MR) is 80.6 cm³/mol. The molecule has 0 aliphatic carbocycles. The molecule has 3 aliphatic heterocycles. The van der Waals surface area contributed by atoms with E-state index in [1.807, 2.05) is 6.92 Å². The SMILES string of the molecule is CCS(=O)(=O)N1CCC(N2C(=O)N3CCC[C@]3(C)C2=O)CC1. The molecule has 3 fully saturated rings. The van der Waals surface area contributed by atoms with Crippen molar-refractivity contribution in [2.75, 3.05) is 25.4 Å². The molecule has 0 N–H and O–H groups in total. The minimum absolute atomic E-state index is 0.0884. The second kappa shape index (κ2) is 5.19. The summed E-state index contributed by atoms with van der Waals surface area (Å²) in [7, 11) is -3.19. The van der Waals surface area contributed by atoms with Crippen LogP contribution in [0, 0.1) is 0 Å². The van der Waals surface area contributed by atoms with Crippen LogP contribution in [0.4, 0.5) is 4.79 Å². The van der Waals surface area contributed by atoms with Crippen LogP contribution < -0.4 is 0 Å². The van der Waals surface area contributed by atoms with Crippen LogP contribution in [-0.4, -0.2) is 71.4 Å². The number of rotatable bonds is 3. The van der Waals surface area contributed by atoms with Gasteiger partial charge in [0.15, 0.2) is 0 Å². The molecule has 3 amide bonds. The molecule has 0 aromatic heterocycles. The quantitative estimate of drug-likeness (QED) is 0.711. The fourth-order valence-electron chi connectivity index (χ4n) is 3.85. The Kier molecular flexibility index (Phi) is 3.71. The Morgan fingerprint density at radius 1 is 1.18 bits per heavy atom. The lowest BCUT2D eigenvalue weighted by molar-refractivity contribution is -0.133. The molecule has 3 aliphatic rings. The van der Waals surface area contributed by atoms with Gasteiger partial charge in [-0.25, -0.2) is 17.5 Å². The van der Waals surface area contributed by atoms with Crippen molar-refractivity contribution in [3.63, 3.8) is 0 Å². The van der Waals surface area contributed by atoms with Gasteiger partial charge in [0.2, 0.25) is 10.0 Å². The maximum atomic E-state index is 12.7. The minimum Gasteiger partial charge on any atom is -0.310 e. The normalized spacial score (nSPS) is 31.2. The van der Waals surface area contributed by atoms with Crippen molar-refractivity contribution >= 4 is 22.0 Å². The number of amides is 3. The molecule has 0 aromatic rings. The van der Waals surface area contributed by atoms with Crippen LogP contribution in [0.2, 0.25) is 0 Å². The van der Waals surface area contributed by atoms with Crippen molar-refractivity contribution in [3.05, 3.63) is 0 Å². The van der Waals surface area contributed by atoms with E-state index >= 15 is 0 Å². The van der Waals surface area contributed by atoms with Crippen molar-refractivity contribution in [3.8, 4) is 0 Å². The molecule has 3 saturated heterocycles. The summed E-state index contributed by atoms with van der Waals surface area (Å²) in [5, 5.41) is 0. The van der Waals surface area contributed by atoms with E-state index < -0.39 is 15.6 Å². The minimum atomic E-state index is -3.19. The van der Waals surface area contributed by atoms with Gasteiger partial charge in [-0.2, -0.15) is 0 Å². The molecule has 22 heavy (non-hydrogen) atoms. The number of carbonyl (C=O) groups is 2. The van der Waals surface area contributed by atoms with Gasteiger partial charge in [-0.15, -0.1) is 0 Å². The molecule has 0 unspecified atom stereocenters. The van der Waals surface area contributed by atoms with Crippen LogP contribution in [0.1, 0.15) is 39.5 Å². The Bertz CT molecular complexity index is 597. The van der Waals surface area contributed by atoms with Crippen molar-refractivity contribution < 1.29 is 18.0 Å². The molecule has 0 saturated carbocycles. The average Bonchev–Trinajstić information content (AvgIpc) is 2.97. The van der Waals surface area contributed by atoms with E-state index in [2.05, 4.69) is 0 Å². The highest BCUT2D eigenvalue weighted by Crippen LogP contribution is 2.39. The molecule has 0 spiro atoms. The number of nitrogens with zero attached hydrogens (tertiary/aromatic N) is 3. The summed E-state index contributed by atoms with van der Waals surface area (Å²) in [5.41, 5.74) is -0.677. The zero-order valence-corrected chi connectivity index (χ0v) is 13.9. The molecule has 124 valence electrons. The summed E-state index contributed by atoms with van der Waals surface area (Å²) in [6, 6.07) is -0.368. The lowest BCUT2D eigenvalue weighted by Gasteiger charge is -2.35. The van der Waals surface area contributed by atoms with Crippen molar-refractivity contribution in [2.24, 2.45) is 0 Å². The van der Waals surface area contributed by atoms with Gasteiger partial charge in [-0.3, -0.25) is 9.69 Å². The summed E-state index contributed by atoms with van der Waals surface area (Å²) in [4.78, 5) is 28.3. The largest absolute Gasteiger partial charge is 0.327 e. The van der Waals surface area contributed by atoms with Gasteiger partial charge >= 0.3 is 6.03 Å². The highest BCUT2D eigenvalue weighted by Gasteiger charge is 2.58. The van der Waals surface area contributed by atoms with Crippen LogP contribution >= 0.6 is 0 Å². The van der Waals surface area contributed by atoms with Crippen LogP contribution in [0.5, 0.6) is 0 Å². The Hall–Kier alpha value is -1.15. The average molecular weight is 329 g/mol. The Balaban J connectivity index is 1.72. The first-order valence-corrected chi connectivity index (χ1v) is 9.55. The topological polar surface area (TPSA) is 78.0 Å². The number of fused-ring (bicyclic) bond motifs is 1. The third-order valence-corrected chi connectivity index (χ3v) is 7.19. The number of piperidine rings is 1. The number of hydrogen-bond acceptors (Lipinski definition) is 4. The third-order valence-electron chi connectivity index (χ3n) is 5.30. The second-order valence-corrected chi connectivity index (χ2v) is 8.78.